The quantitative estimate of drug-likeness (QED) is 0.670. The summed E-state index contributed by atoms with van der Waals surface area (Å²) in [4.78, 5) is 27.6. The van der Waals surface area contributed by atoms with Crippen LogP contribution in [0.5, 0.6) is 0 Å². The predicted octanol–water partition coefficient (Wildman–Crippen LogP) is 3.45. The van der Waals surface area contributed by atoms with Crippen LogP contribution in [0.4, 0.5) is 4.79 Å². The Balaban J connectivity index is 2.19. The second-order valence-electron chi connectivity index (χ2n) is 9.05. The number of carbonyl (C=O) groups excluding carboxylic acids is 2. The van der Waals surface area contributed by atoms with Crippen LogP contribution in [0, 0.1) is 12.3 Å². The molecule has 1 aromatic carbocycles. The van der Waals surface area contributed by atoms with Gasteiger partial charge in [0, 0.05) is 25.4 Å². The molecule has 0 radical (unpaired) electrons. The summed E-state index contributed by atoms with van der Waals surface area (Å²) < 4.78 is 5.53. The highest BCUT2D eigenvalue weighted by atomic mass is 16.6. The van der Waals surface area contributed by atoms with Crippen molar-refractivity contribution >= 4 is 12.0 Å². The van der Waals surface area contributed by atoms with Crippen LogP contribution in [-0.2, 0) is 9.53 Å². The average Bonchev–Trinajstić information content (AvgIpc) is 3.09. The van der Waals surface area contributed by atoms with E-state index in [1.54, 1.807) is 27.7 Å². The standard InChI is InChI=1S/C24H34N2O4/c1-6-13-24(14-10-15-26(24)22(29)30-23(3,4)5)21(28)25-17-20(16-18(2)27)19-11-8-7-9-12-19/h1,7-9,11-12,18,20,27H,10,13-17H2,2-5H3,(H,25,28)/t18-,20-,24+/m0/s1. The number of amides is 2. The average molecular weight is 415 g/mol. The number of carbonyl (C=O) groups is 2. The highest BCUT2D eigenvalue weighted by molar-refractivity contribution is 5.91. The van der Waals surface area contributed by atoms with E-state index in [4.69, 9.17) is 11.2 Å². The van der Waals surface area contributed by atoms with Gasteiger partial charge in [0.2, 0.25) is 5.91 Å². The number of aliphatic hydroxyl groups excluding tert-OH is 1. The van der Waals surface area contributed by atoms with E-state index in [-0.39, 0.29) is 18.2 Å². The number of nitrogens with one attached hydrogen (secondary N) is 1. The van der Waals surface area contributed by atoms with Crippen LogP contribution in [-0.4, -0.2) is 52.3 Å². The van der Waals surface area contributed by atoms with Crippen molar-refractivity contribution in [3.63, 3.8) is 0 Å². The smallest absolute Gasteiger partial charge is 0.411 e. The molecule has 1 aliphatic heterocycles. The number of rotatable bonds is 7. The minimum absolute atomic E-state index is 0.0468. The lowest BCUT2D eigenvalue weighted by Gasteiger charge is -2.37. The first-order valence-electron chi connectivity index (χ1n) is 10.5. The Morgan fingerprint density at radius 1 is 1.33 bits per heavy atom. The molecule has 0 bridgehead atoms. The highest BCUT2D eigenvalue weighted by Gasteiger charge is 2.50. The molecule has 0 saturated carbocycles. The molecule has 1 aromatic rings. The van der Waals surface area contributed by atoms with E-state index >= 15 is 0 Å². The SMILES string of the molecule is C#CC[C@]1(C(=O)NC[C@H](C[C@H](C)O)c2ccccc2)CCCN1C(=O)OC(C)(C)C. The Morgan fingerprint density at radius 3 is 2.57 bits per heavy atom. The van der Waals surface area contributed by atoms with Crippen molar-refractivity contribution in [2.45, 2.75) is 76.5 Å². The van der Waals surface area contributed by atoms with Gasteiger partial charge in [0.1, 0.15) is 11.1 Å². The number of terminal acetylenes is 1. The van der Waals surface area contributed by atoms with Gasteiger partial charge in [-0.2, -0.15) is 0 Å². The van der Waals surface area contributed by atoms with E-state index in [2.05, 4.69) is 11.2 Å². The lowest BCUT2D eigenvalue weighted by Crippen LogP contribution is -2.58. The summed E-state index contributed by atoms with van der Waals surface area (Å²) in [5.41, 5.74) is -0.725. The van der Waals surface area contributed by atoms with Gasteiger partial charge in [-0.25, -0.2) is 4.79 Å². The zero-order valence-corrected chi connectivity index (χ0v) is 18.5. The second-order valence-corrected chi connectivity index (χ2v) is 9.05. The van der Waals surface area contributed by atoms with Crippen LogP contribution in [0.1, 0.15) is 64.9 Å². The first kappa shape index (κ1) is 23.8. The van der Waals surface area contributed by atoms with E-state index < -0.39 is 23.3 Å². The van der Waals surface area contributed by atoms with E-state index in [1.807, 2.05) is 30.3 Å². The normalized spacial score (nSPS) is 20.9. The molecule has 1 fully saturated rings. The fraction of sp³-hybridized carbons (Fsp3) is 0.583. The molecule has 0 unspecified atom stereocenters. The minimum atomic E-state index is -1.11. The summed E-state index contributed by atoms with van der Waals surface area (Å²) in [5.74, 6) is 2.27. The van der Waals surface area contributed by atoms with E-state index in [9.17, 15) is 14.7 Å². The van der Waals surface area contributed by atoms with Crippen LogP contribution >= 0.6 is 0 Å². The monoisotopic (exact) mass is 414 g/mol. The Hall–Kier alpha value is -2.52. The molecule has 2 amide bonds. The number of hydrogen-bond acceptors (Lipinski definition) is 4. The van der Waals surface area contributed by atoms with Gasteiger partial charge in [-0.05, 0) is 52.5 Å². The number of nitrogens with zero attached hydrogens (tertiary/aromatic N) is 1. The molecular weight excluding hydrogens is 380 g/mol. The molecule has 6 nitrogen and oxygen atoms in total. The van der Waals surface area contributed by atoms with Crippen molar-refractivity contribution in [1.29, 1.82) is 0 Å². The molecule has 2 N–H and O–H groups in total. The molecule has 0 aliphatic carbocycles. The summed E-state index contributed by atoms with van der Waals surface area (Å²) >= 11 is 0. The largest absolute Gasteiger partial charge is 0.444 e. The molecule has 30 heavy (non-hydrogen) atoms. The van der Waals surface area contributed by atoms with Gasteiger partial charge >= 0.3 is 6.09 Å². The van der Waals surface area contributed by atoms with Gasteiger partial charge in [-0.15, -0.1) is 12.3 Å². The molecule has 0 aromatic heterocycles. The predicted molar refractivity (Wildman–Crippen MR) is 117 cm³/mol. The van der Waals surface area contributed by atoms with Crippen molar-refractivity contribution < 1.29 is 19.4 Å². The third-order valence-electron chi connectivity index (χ3n) is 5.33. The van der Waals surface area contributed by atoms with Crippen LogP contribution in [0.25, 0.3) is 0 Å². The summed E-state index contributed by atoms with van der Waals surface area (Å²) in [6.07, 6.45) is 6.39. The summed E-state index contributed by atoms with van der Waals surface area (Å²) in [6.45, 7) is 7.90. The topological polar surface area (TPSA) is 78.9 Å². The number of aliphatic hydroxyl groups is 1. The number of hydrogen-bond donors (Lipinski definition) is 2. The molecule has 3 atom stereocenters. The molecule has 6 heteroatoms. The first-order chi connectivity index (χ1) is 14.1. The maximum Gasteiger partial charge on any atom is 0.411 e. The molecule has 1 heterocycles. The number of benzene rings is 1. The Morgan fingerprint density at radius 2 is 2.00 bits per heavy atom. The van der Waals surface area contributed by atoms with Gasteiger partial charge in [0.15, 0.2) is 0 Å². The fourth-order valence-corrected chi connectivity index (χ4v) is 3.99. The first-order valence-corrected chi connectivity index (χ1v) is 10.5. The number of ether oxygens (including phenoxy) is 1. The second kappa shape index (κ2) is 9.99. The van der Waals surface area contributed by atoms with Gasteiger partial charge in [0.05, 0.1) is 6.10 Å². The van der Waals surface area contributed by atoms with Crippen molar-refractivity contribution in [3.8, 4) is 12.3 Å². The Labute approximate surface area is 180 Å². The van der Waals surface area contributed by atoms with Crippen LogP contribution in [0.2, 0.25) is 0 Å². The van der Waals surface area contributed by atoms with Crippen molar-refractivity contribution in [1.82, 2.24) is 10.2 Å². The third kappa shape index (κ3) is 5.99. The molecule has 2 rings (SSSR count). The summed E-state index contributed by atoms with van der Waals surface area (Å²) in [7, 11) is 0. The van der Waals surface area contributed by atoms with Gasteiger partial charge in [-0.1, -0.05) is 30.3 Å². The third-order valence-corrected chi connectivity index (χ3v) is 5.33. The summed E-state index contributed by atoms with van der Waals surface area (Å²) in [6, 6.07) is 9.78. The van der Waals surface area contributed by atoms with Gasteiger partial charge in [0.25, 0.3) is 0 Å². The molecular formula is C24H34N2O4. The van der Waals surface area contributed by atoms with Gasteiger partial charge < -0.3 is 15.2 Å². The van der Waals surface area contributed by atoms with E-state index in [0.717, 1.165) is 5.56 Å². The van der Waals surface area contributed by atoms with Crippen LogP contribution in [0.15, 0.2) is 30.3 Å². The summed E-state index contributed by atoms with van der Waals surface area (Å²) in [5, 5.41) is 12.9. The molecule has 0 spiro atoms. The van der Waals surface area contributed by atoms with Crippen LogP contribution in [0.3, 0.4) is 0 Å². The maximum atomic E-state index is 13.3. The number of likely N-dealkylation sites (tertiary alicyclic amines) is 1. The van der Waals surface area contributed by atoms with Crippen molar-refractivity contribution in [3.05, 3.63) is 35.9 Å². The molecule has 1 saturated heterocycles. The van der Waals surface area contributed by atoms with E-state index in [1.165, 1.54) is 4.90 Å². The zero-order valence-electron chi connectivity index (χ0n) is 18.5. The maximum absolute atomic E-state index is 13.3. The molecule has 1 aliphatic rings. The van der Waals surface area contributed by atoms with Crippen molar-refractivity contribution in [2.75, 3.05) is 13.1 Å². The van der Waals surface area contributed by atoms with Crippen LogP contribution < -0.4 is 5.32 Å². The molecule has 164 valence electrons. The highest BCUT2D eigenvalue weighted by Crippen LogP contribution is 2.34. The minimum Gasteiger partial charge on any atom is -0.444 e. The Bertz CT molecular complexity index is 764. The zero-order chi connectivity index (χ0) is 22.4. The van der Waals surface area contributed by atoms with Crippen molar-refractivity contribution in [2.24, 2.45) is 0 Å². The Kier molecular flexibility index (Phi) is 7.91. The lowest BCUT2D eigenvalue weighted by molar-refractivity contribution is -0.131. The van der Waals surface area contributed by atoms with E-state index in [0.29, 0.717) is 32.4 Å². The fourth-order valence-electron chi connectivity index (χ4n) is 3.99. The lowest BCUT2D eigenvalue weighted by atomic mass is 9.89. The van der Waals surface area contributed by atoms with Gasteiger partial charge in [-0.3, -0.25) is 9.69 Å².